The number of carboxylic acids is 2. The third-order valence-electron chi connectivity index (χ3n) is 5.59. The molecule has 218 valence electrons. The number of aromatic nitrogens is 1. The number of aliphatic hydroxyl groups excluding tert-OH is 1. The largest absolute Gasteiger partial charge is 0.474 e. The number of aliphatic carboxylic acids is 2. The summed E-state index contributed by atoms with van der Waals surface area (Å²) in [7, 11) is 0. The van der Waals surface area contributed by atoms with Crippen molar-refractivity contribution in [1.82, 2.24) is 9.88 Å². The van der Waals surface area contributed by atoms with Crippen molar-refractivity contribution in [2.75, 3.05) is 23.8 Å². The summed E-state index contributed by atoms with van der Waals surface area (Å²) < 4.78 is 0. The first-order valence-electron chi connectivity index (χ1n) is 12.2. The number of nitrogens with zero attached hydrogens (tertiary/aromatic N) is 3. The number of anilines is 2. The van der Waals surface area contributed by atoms with Crippen LogP contribution in [0, 0.1) is 11.3 Å². The molecule has 42 heavy (non-hydrogen) atoms. The molecule has 3 rings (SSSR count). The maximum Gasteiger partial charge on any atom is 0.394 e. The molecule has 14 heteroatoms. The second kappa shape index (κ2) is 16.1. The van der Waals surface area contributed by atoms with Gasteiger partial charge in [-0.2, -0.15) is 5.26 Å². The van der Waals surface area contributed by atoms with Crippen LogP contribution in [0.4, 0.5) is 11.4 Å². The molecule has 0 spiro atoms. The molecule has 1 heterocycles. The molecule has 0 aliphatic carbocycles. The molecule has 1 unspecified atom stereocenters. The normalized spacial score (nSPS) is 10.6. The molecule has 3 amide bonds. The molecular formula is C28H26ClN5O8. The molecule has 3 aromatic rings. The van der Waals surface area contributed by atoms with Gasteiger partial charge in [-0.3, -0.25) is 19.4 Å². The van der Waals surface area contributed by atoms with Crippen molar-refractivity contribution in [1.29, 1.82) is 5.26 Å². The Morgan fingerprint density at radius 3 is 1.90 bits per heavy atom. The second-order valence-corrected chi connectivity index (χ2v) is 8.75. The van der Waals surface area contributed by atoms with Crippen molar-refractivity contribution >= 4 is 52.6 Å². The Morgan fingerprint density at radius 2 is 1.48 bits per heavy atom. The highest BCUT2D eigenvalue weighted by Crippen LogP contribution is 2.32. The van der Waals surface area contributed by atoms with Crippen LogP contribution in [0.5, 0.6) is 0 Å². The second-order valence-electron chi connectivity index (χ2n) is 8.37. The lowest BCUT2D eigenvalue weighted by atomic mass is 9.98. The first-order valence-corrected chi connectivity index (χ1v) is 12.6. The van der Waals surface area contributed by atoms with Crippen LogP contribution in [-0.4, -0.2) is 68.0 Å². The number of hydrogen-bond donors (Lipinski definition) is 5. The van der Waals surface area contributed by atoms with Crippen molar-refractivity contribution in [3.8, 4) is 6.07 Å². The third kappa shape index (κ3) is 9.40. The van der Waals surface area contributed by atoms with Gasteiger partial charge in [-0.25, -0.2) is 9.59 Å². The minimum absolute atomic E-state index is 0.0528. The summed E-state index contributed by atoms with van der Waals surface area (Å²) in [5.74, 6) is -6.96. The van der Waals surface area contributed by atoms with Crippen LogP contribution >= 0.6 is 11.6 Å². The maximum absolute atomic E-state index is 12.7. The van der Waals surface area contributed by atoms with Gasteiger partial charge in [-0.15, -0.1) is 0 Å². The van der Waals surface area contributed by atoms with E-state index in [0.29, 0.717) is 13.1 Å². The van der Waals surface area contributed by atoms with E-state index in [1.807, 2.05) is 60.0 Å². The number of nitriles is 1. The molecule has 1 aromatic heterocycles. The van der Waals surface area contributed by atoms with E-state index in [2.05, 4.69) is 4.98 Å². The van der Waals surface area contributed by atoms with E-state index in [4.69, 9.17) is 27.1 Å². The van der Waals surface area contributed by atoms with E-state index in [1.54, 1.807) is 23.4 Å². The van der Waals surface area contributed by atoms with E-state index in [9.17, 15) is 29.1 Å². The Kier molecular flexibility index (Phi) is 12.6. The zero-order valence-electron chi connectivity index (χ0n) is 22.2. The topological polar surface area (TPSA) is 210 Å². The number of nitrogens with one attached hydrogen (secondary N) is 2. The molecule has 1 atom stereocenters. The van der Waals surface area contributed by atoms with E-state index < -0.39 is 29.7 Å². The number of amides is 3. The summed E-state index contributed by atoms with van der Waals surface area (Å²) in [5.41, 5.74) is 1.27. The number of carbonyl (C=O) groups excluding carboxylic acids is 3. The molecule has 2 aromatic carbocycles. The lowest BCUT2D eigenvalue weighted by Crippen LogP contribution is -2.36. The van der Waals surface area contributed by atoms with E-state index in [1.165, 1.54) is 0 Å². The average molecular weight is 596 g/mol. The van der Waals surface area contributed by atoms with Crippen LogP contribution in [0.3, 0.4) is 0 Å². The van der Waals surface area contributed by atoms with Gasteiger partial charge in [0.15, 0.2) is 0 Å². The molecular weight excluding hydrogens is 570 g/mol. The van der Waals surface area contributed by atoms with Gasteiger partial charge in [0.1, 0.15) is 0 Å². The quantitative estimate of drug-likeness (QED) is 0.240. The molecule has 13 nitrogen and oxygen atoms in total. The van der Waals surface area contributed by atoms with Crippen LogP contribution in [0.2, 0.25) is 5.02 Å². The molecule has 0 saturated carbocycles. The van der Waals surface area contributed by atoms with Gasteiger partial charge in [0.2, 0.25) is 5.91 Å². The summed E-state index contributed by atoms with van der Waals surface area (Å²) >= 11 is 5.81. The predicted octanol–water partition coefficient (Wildman–Crippen LogP) is 2.46. The number of pyridine rings is 1. The minimum atomic E-state index is -1.79. The van der Waals surface area contributed by atoms with Crippen molar-refractivity contribution in [3.63, 3.8) is 0 Å². The van der Waals surface area contributed by atoms with Crippen LogP contribution in [-0.2, 0) is 30.5 Å². The fraction of sp³-hybridized carbons (Fsp3) is 0.179. The minimum Gasteiger partial charge on any atom is -0.474 e. The Bertz CT molecular complexity index is 1430. The van der Waals surface area contributed by atoms with Crippen molar-refractivity contribution < 1.29 is 39.3 Å². The highest BCUT2D eigenvalue weighted by molar-refractivity contribution is 6.42. The lowest BCUT2D eigenvalue weighted by molar-refractivity contribution is -0.147. The summed E-state index contributed by atoms with van der Waals surface area (Å²) in [4.78, 5) is 61.4. The highest BCUT2D eigenvalue weighted by Gasteiger charge is 2.24. The Morgan fingerprint density at radius 1 is 0.952 bits per heavy atom. The number of aliphatic hydroxyl groups is 1. The number of halogens is 1. The fourth-order valence-corrected chi connectivity index (χ4v) is 3.71. The fourth-order valence-electron chi connectivity index (χ4n) is 3.51. The number of benzene rings is 2. The van der Waals surface area contributed by atoms with Gasteiger partial charge in [0.05, 0.1) is 40.6 Å². The van der Waals surface area contributed by atoms with Crippen LogP contribution in [0.25, 0.3) is 0 Å². The maximum atomic E-state index is 12.7. The predicted molar refractivity (Wildman–Crippen MR) is 150 cm³/mol. The third-order valence-corrected chi connectivity index (χ3v) is 5.99. The van der Waals surface area contributed by atoms with Gasteiger partial charge in [0, 0.05) is 25.5 Å². The first kappa shape index (κ1) is 32.9. The number of carboxylic acid groups (broad SMARTS) is 2. The highest BCUT2D eigenvalue weighted by atomic mass is 35.5. The standard InChI is InChI=1S/C17H20N2O2.C11H6ClN3O6/c1-2-19(12-14-8-10-18-11-9-14)17(21)16(13-20)15-6-4-3-5-7-15;12-7-5(14-8(16)10(18)19)1-4(3-13)2-6(7)15-9(17)11(20)21/h3-11,16,20H,2,12-13H2,1H3;1-2H,(H,14,16)(H,15,17)(H,18,19)(H,20,21). The lowest BCUT2D eigenvalue weighted by Gasteiger charge is -2.25. The molecule has 0 saturated heterocycles. The molecule has 5 N–H and O–H groups in total. The molecule has 0 fully saturated rings. The summed E-state index contributed by atoms with van der Waals surface area (Å²) in [5, 5.41) is 38.9. The summed E-state index contributed by atoms with van der Waals surface area (Å²) in [6.07, 6.45) is 3.43. The van der Waals surface area contributed by atoms with Gasteiger partial charge in [0.25, 0.3) is 0 Å². The number of hydrogen-bond acceptors (Lipinski definition) is 8. The number of carbonyl (C=O) groups is 5. The zero-order valence-corrected chi connectivity index (χ0v) is 22.9. The molecule has 0 radical (unpaired) electrons. The van der Waals surface area contributed by atoms with Crippen molar-refractivity contribution in [2.45, 2.75) is 19.4 Å². The Hall–Kier alpha value is -5.32. The van der Waals surface area contributed by atoms with Crippen molar-refractivity contribution in [3.05, 3.63) is 88.7 Å². The van der Waals surface area contributed by atoms with Gasteiger partial charge in [-0.05, 0) is 42.3 Å². The molecule has 0 bridgehead atoms. The van der Waals surface area contributed by atoms with Crippen LogP contribution < -0.4 is 10.6 Å². The van der Waals surface area contributed by atoms with E-state index in [0.717, 1.165) is 23.3 Å². The molecule has 0 aliphatic heterocycles. The van der Waals surface area contributed by atoms with Gasteiger partial charge in [-0.1, -0.05) is 41.9 Å². The Labute approximate surface area is 245 Å². The van der Waals surface area contributed by atoms with Gasteiger partial charge >= 0.3 is 23.8 Å². The van der Waals surface area contributed by atoms with Crippen LogP contribution in [0.15, 0.2) is 67.0 Å². The van der Waals surface area contributed by atoms with Crippen LogP contribution in [0.1, 0.15) is 29.5 Å². The number of likely N-dealkylation sites (N-methyl/N-ethyl adjacent to an activating group) is 1. The molecule has 0 aliphatic rings. The monoisotopic (exact) mass is 595 g/mol. The van der Waals surface area contributed by atoms with E-state index >= 15 is 0 Å². The summed E-state index contributed by atoms with van der Waals surface area (Å²) in [6.45, 7) is 2.89. The van der Waals surface area contributed by atoms with Crippen molar-refractivity contribution in [2.24, 2.45) is 0 Å². The van der Waals surface area contributed by atoms with E-state index in [-0.39, 0.29) is 34.5 Å². The zero-order chi connectivity index (χ0) is 31.2. The first-order chi connectivity index (χ1) is 20.0. The SMILES string of the molecule is CCN(Cc1ccncc1)C(=O)C(CO)c1ccccc1.N#Cc1cc(NC(=O)C(=O)O)c(Cl)c(NC(=O)C(=O)O)c1. The average Bonchev–Trinajstić information content (AvgIpc) is 2.99. The number of rotatable bonds is 8. The van der Waals surface area contributed by atoms with Gasteiger partial charge < -0.3 is 30.9 Å². The smallest absolute Gasteiger partial charge is 0.394 e. The Balaban J connectivity index is 0.000000293. The summed E-state index contributed by atoms with van der Waals surface area (Å²) in [6, 6.07) is 17.0.